The summed E-state index contributed by atoms with van der Waals surface area (Å²) in [4.78, 5) is 12.5. The second-order valence-corrected chi connectivity index (χ2v) is 3.76. The Morgan fingerprint density at radius 3 is 3.00 bits per heavy atom. The van der Waals surface area contributed by atoms with E-state index in [1.807, 2.05) is 4.90 Å². The molecule has 0 radical (unpaired) electrons. The minimum atomic E-state index is -0.802. The van der Waals surface area contributed by atoms with E-state index in [1.54, 1.807) is 7.11 Å². The second-order valence-electron chi connectivity index (χ2n) is 3.76. The predicted octanol–water partition coefficient (Wildman–Crippen LogP) is 0.198. The van der Waals surface area contributed by atoms with E-state index in [4.69, 9.17) is 14.6 Å². The molecule has 0 spiro atoms. The van der Waals surface area contributed by atoms with Gasteiger partial charge >= 0.3 is 5.97 Å². The first-order valence-electron chi connectivity index (χ1n) is 5.27. The number of carboxylic acid groups (broad SMARTS) is 1. The van der Waals surface area contributed by atoms with Gasteiger partial charge in [0, 0.05) is 26.8 Å². The zero-order valence-electron chi connectivity index (χ0n) is 9.15. The number of hydrogen-bond acceptors (Lipinski definition) is 4. The molecule has 1 unspecified atom stereocenters. The van der Waals surface area contributed by atoms with Crippen molar-refractivity contribution in [1.29, 1.82) is 0 Å². The molecule has 1 aliphatic heterocycles. The van der Waals surface area contributed by atoms with Crippen LogP contribution >= 0.6 is 0 Å². The van der Waals surface area contributed by atoms with Crippen LogP contribution in [0.1, 0.15) is 12.8 Å². The molecular formula is C10H19NO4. The van der Waals surface area contributed by atoms with Crippen LogP contribution in [0.25, 0.3) is 0 Å². The lowest BCUT2D eigenvalue weighted by Gasteiger charge is -2.22. The molecular weight excluding hydrogens is 198 g/mol. The zero-order chi connectivity index (χ0) is 11.1. The number of ether oxygens (including phenoxy) is 2. The van der Waals surface area contributed by atoms with Gasteiger partial charge in [-0.15, -0.1) is 0 Å². The Balaban J connectivity index is 2.29. The molecule has 0 aromatic rings. The van der Waals surface area contributed by atoms with Gasteiger partial charge in [-0.1, -0.05) is 0 Å². The van der Waals surface area contributed by atoms with E-state index >= 15 is 0 Å². The van der Waals surface area contributed by atoms with Crippen LogP contribution in [0.15, 0.2) is 0 Å². The molecule has 1 N–H and O–H groups in total. The maximum atomic E-state index is 10.6. The number of methoxy groups -OCH3 is 1. The predicted molar refractivity (Wildman–Crippen MR) is 54.9 cm³/mol. The summed E-state index contributed by atoms with van der Waals surface area (Å²) in [5.74, 6) is -0.802. The first-order valence-corrected chi connectivity index (χ1v) is 5.27. The molecule has 0 aromatic heterocycles. The van der Waals surface area contributed by atoms with E-state index in [0.29, 0.717) is 19.7 Å². The molecule has 0 saturated carbocycles. The highest BCUT2D eigenvalue weighted by Gasteiger charge is 2.20. The van der Waals surface area contributed by atoms with E-state index in [9.17, 15) is 4.79 Å². The number of carbonyl (C=O) groups is 1. The summed E-state index contributed by atoms with van der Waals surface area (Å²) in [6.07, 6.45) is 2.31. The highest BCUT2D eigenvalue weighted by molar-refractivity contribution is 5.69. The number of aliphatic carboxylic acids is 1. The molecule has 15 heavy (non-hydrogen) atoms. The van der Waals surface area contributed by atoms with Crippen LogP contribution in [0.4, 0.5) is 0 Å². The van der Waals surface area contributed by atoms with Gasteiger partial charge in [0.25, 0.3) is 0 Å². The molecule has 1 rings (SSSR count). The molecule has 1 fully saturated rings. The highest BCUT2D eigenvalue weighted by Crippen LogP contribution is 2.13. The lowest BCUT2D eigenvalue weighted by Crippen LogP contribution is -2.38. The maximum absolute atomic E-state index is 10.6. The minimum Gasteiger partial charge on any atom is -0.480 e. The summed E-state index contributed by atoms with van der Waals surface area (Å²) in [5, 5.41) is 8.73. The molecule has 88 valence electrons. The van der Waals surface area contributed by atoms with Gasteiger partial charge in [-0.2, -0.15) is 0 Å². The molecule has 0 aromatic carbocycles. The topological polar surface area (TPSA) is 59.0 Å². The Hall–Kier alpha value is -0.650. The zero-order valence-corrected chi connectivity index (χ0v) is 9.15. The van der Waals surface area contributed by atoms with Crippen LogP contribution in [0.2, 0.25) is 0 Å². The smallest absolute Gasteiger partial charge is 0.317 e. The van der Waals surface area contributed by atoms with Gasteiger partial charge in [0.2, 0.25) is 0 Å². The first kappa shape index (κ1) is 12.4. The third kappa shape index (κ3) is 5.11. The second kappa shape index (κ2) is 6.76. The van der Waals surface area contributed by atoms with Gasteiger partial charge in [-0.05, 0) is 12.8 Å². The van der Waals surface area contributed by atoms with E-state index in [-0.39, 0.29) is 12.6 Å². The van der Waals surface area contributed by atoms with Crippen LogP contribution in [0.5, 0.6) is 0 Å². The van der Waals surface area contributed by atoms with Crippen LogP contribution in [-0.4, -0.2) is 62.0 Å². The maximum Gasteiger partial charge on any atom is 0.317 e. The normalized spacial score (nSPS) is 21.1. The van der Waals surface area contributed by atoms with Crippen LogP contribution in [-0.2, 0) is 14.3 Å². The van der Waals surface area contributed by atoms with Crippen molar-refractivity contribution in [2.45, 2.75) is 18.9 Å². The molecule has 1 atom stereocenters. The Kier molecular flexibility index (Phi) is 5.60. The van der Waals surface area contributed by atoms with E-state index in [2.05, 4.69) is 0 Å². The lowest BCUT2D eigenvalue weighted by molar-refractivity contribution is -0.138. The monoisotopic (exact) mass is 217 g/mol. The summed E-state index contributed by atoms with van der Waals surface area (Å²) in [6.45, 7) is 2.75. The minimum absolute atomic E-state index is 0.0588. The van der Waals surface area contributed by atoms with E-state index in [0.717, 1.165) is 19.4 Å². The van der Waals surface area contributed by atoms with Crippen molar-refractivity contribution in [3.05, 3.63) is 0 Å². The standard InChI is InChI=1S/C10H19NO4/c1-14-6-4-11(8-10(12)13)7-9-3-2-5-15-9/h9H,2-8H2,1H3,(H,12,13). The molecule has 5 heteroatoms. The van der Waals surface area contributed by atoms with Crippen LogP contribution in [0, 0.1) is 0 Å². The van der Waals surface area contributed by atoms with Crippen molar-refractivity contribution < 1.29 is 19.4 Å². The van der Waals surface area contributed by atoms with Gasteiger partial charge < -0.3 is 14.6 Å². The summed E-state index contributed by atoms with van der Waals surface area (Å²) in [6, 6.07) is 0. The lowest BCUT2D eigenvalue weighted by atomic mass is 10.2. The van der Waals surface area contributed by atoms with Crippen molar-refractivity contribution in [3.63, 3.8) is 0 Å². The van der Waals surface area contributed by atoms with Gasteiger partial charge in [-0.25, -0.2) is 0 Å². The average Bonchev–Trinajstić information content (AvgIpc) is 2.66. The third-order valence-electron chi connectivity index (χ3n) is 2.46. The van der Waals surface area contributed by atoms with Crippen LogP contribution < -0.4 is 0 Å². The molecule has 5 nitrogen and oxygen atoms in total. The fourth-order valence-corrected chi connectivity index (χ4v) is 1.72. The fourth-order valence-electron chi connectivity index (χ4n) is 1.72. The molecule has 1 heterocycles. The number of rotatable bonds is 7. The van der Waals surface area contributed by atoms with Crippen molar-refractivity contribution in [3.8, 4) is 0 Å². The number of carboxylic acids is 1. The fraction of sp³-hybridized carbons (Fsp3) is 0.900. The molecule has 1 aliphatic rings. The Bertz CT molecular complexity index is 192. The van der Waals surface area contributed by atoms with Gasteiger partial charge in [0.1, 0.15) is 0 Å². The van der Waals surface area contributed by atoms with E-state index < -0.39 is 5.97 Å². The van der Waals surface area contributed by atoms with Crippen molar-refractivity contribution >= 4 is 5.97 Å². The highest BCUT2D eigenvalue weighted by atomic mass is 16.5. The quantitative estimate of drug-likeness (QED) is 0.660. The van der Waals surface area contributed by atoms with Gasteiger partial charge in [0.05, 0.1) is 19.3 Å². The average molecular weight is 217 g/mol. The van der Waals surface area contributed by atoms with E-state index in [1.165, 1.54) is 0 Å². The number of nitrogens with zero attached hydrogens (tertiary/aromatic N) is 1. The van der Waals surface area contributed by atoms with Gasteiger partial charge in [0.15, 0.2) is 0 Å². The molecule has 0 amide bonds. The summed E-state index contributed by atoms with van der Waals surface area (Å²) < 4.78 is 10.4. The summed E-state index contributed by atoms with van der Waals surface area (Å²) in [7, 11) is 1.62. The van der Waals surface area contributed by atoms with Crippen molar-refractivity contribution in [1.82, 2.24) is 4.90 Å². The van der Waals surface area contributed by atoms with Gasteiger partial charge in [-0.3, -0.25) is 9.69 Å². The van der Waals surface area contributed by atoms with Crippen molar-refractivity contribution in [2.75, 3.05) is 40.0 Å². The number of hydrogen-bond donors (Lipinski definition) is 1. The Labute approximate surface area is 90.0 Å². The Morgan fingerprint density at radius 1 is 1.67 bits per heavy atom. The summed E-state index contributed by atoms with van der Waals surface area (Å²) >= 11 is 0. The molecule has 0 bridgehead atoms. The first-order chi connectivity index (χ1) is 7.22. The SMILES string of the molecule is COCCN(CC(=O)O)CC1CCCO1. The summed E-state index contributed by atoms with van der Waals surface area (Å²) in [5.41, 5.74) is 0. The largest absolute Gasteiger partial charge is 0.480 e. The van der Waals surface area contributed by atoms with Crippen LogP contribution in [0.3, 0.4) is 0 Å². The molecule has 1 saturated heterocycles. The van der Waals surface area contributed by atoms with Crippen molar-refractivity contribution in [2.24, 2.45) is 0 Å². The third-order valence-corrected chi connectivity index (χ3v) is 2.46. The Morgan fingerprint density at radius 2 is 2.47 bits per heavy atom. The molecule has 0 aliphatic carbocycles.